The summed E-state index contributed by atoms with van der Waals surface area (Å²) in [6.07, 6.45) is 6.00. The third-order valence-corrected chi connectivity index (χ3v) is 3.82. The summed E-state index contributed by atoms with van der Waals surface area (Å²) in [6, 6.07) is 0. The van der Waals surface area contributed by atoms with Gasteiger partial charge in [-0.05, 0) is 31.1 Å². The maximum absolute atomic E-state index is 11.6. The molecule has 1 saturated carbocycles. The zero-order valence-electron chi connectivity index (χ0n) is 10.8. The molecule has 0 heterocycles. The van der Waals surface area contributed by atoms with Crippen molar-refractivity contribution < 1.29 is 9.53 Å². The number of hydrogen-bond acceptors (Lipinski definition) is 2. The molecule has 0 aromatic heterocycles. The number of carbonyl (C=O) groups excluding carboxylic acids is 1. The van der Waals surface area contributed by atoms with Crippen LogP contribution in [-0.4, -0.2) is 19.7 Å². The molecule has 0 radical (unpaired) electrons. The van der Waals surface area contributed by atoms with Crippen molar-refractivity contribution in [3.05, 3.63) is 0 Å². The topological polar surface area (TPSA) is 38.3 Å². The van der Waals surface area contributed by atoms with E-state index in [2.05, 4.69) is 19.2 Å². The molecule has 1 rings (SSSR count). The van der Waals surface area contributed by atoms with Crippen LogP contribution >= 0.6 is 0 Å². The highest BCUT2D eigenvalue weighted by atomic mass is 16.5. The van der Waals surface area contributed by atoms with Crippen LogP contribution in [0.1, 0.15) is 46.0 Å². The van der Waals surface area contributed by atoms with Crippen molar-refractivity contribution in [1.82, 2.24) is 5.32 Å². The first-order valence-electron chi connectivity index (χ1n) is 6.47. The lowest BCUT2D eigenvalue weighted by Gasteiger charge is -2.36. The van der Waals surface area contributed by atoms with Gasteiger partial charge in [-0.25, -0.2) is 0 Å². The highest BCUT2D eigenvalue weighted by Crippen LogP contribution is 2.39. The highest BCUT2D eigenvalue weighted by Gasteiger charge is 2.34. The molecule has 1 fully saturated rings. The Hall–Kier alpha value is -0.570. The van der Waals surface area contributed by atoms with E-state index in [1.807, 2.05) is 0 Å². The van der Waals surface area contributed by atoms with Crippen LogP contribution in [0, 0.1) is 17.8 Å². The fourth-order valence-electron chi connectivity index (χ4n) is 2.52. The average Bonchev–Trinajstić information content (AvgIpc) is 2.24. The number of rotatable bonds is 7. The van der Waals surface area contributed by atoms with Crippen LogP contribution in [0.4, 0.5) is 0 Å². The SMILES string of the molecule is CCC(CC)CC1CC(C(=O)NCOC)C1. The number of amides is 1. The van der Waals surface area contributed by atoms with E-state index in [1.54, 1.807) is 7.11 Å². The van der Waals surface area contributed by atoms with Gasteiger partial charge in [0, 0.05) is 13.0 Å². The van der Waals surface area contributed by atoms with Crippen molar-refractivity contribution in [2.75, 3.05) is 13.8 Å². The largest absolute Gasteiger partial charge is 0.364 e. The summed E-state index contributed by atoms with van der Waals surface area (Å²) < 4.78 is 4.83. The number of ether oxygens (including phenoxy) is 1. The Bertz CT molecular complexity index is 208. The van der Waals surface area contributed by atoms with Crippen LogP contribution in [0.5, 0.6) is 0 Å². The smallest absolute Gasteiger partial charge is 0.224 e. The van der Waals surface area contributed by atoms with E-state index in [9.17, 15) is 4.79 Å². The van der Waals surface area contributed by atoms with E-state index in [-0.39, 0.29) is 11.8 Å². The maximum atomic E-state index is 11.6. The number of nitrogens with one attached hydrogen (secondary N) is 1. The van der Waals surface area contributed by atoms with Crippen molar-refractivity contribution in [3.8, 4) is 0 Å². The standard InChI is InChI=1S/C13H25NO2/c1-4-10(5-2)6-11-7-12(8-11)13(15)14-9-16-3/h10-12H,4-9H2,1-3H3,(H,14,15). The van der Waals surface area contributed by atoms with Gasteiger partial charge in [0.25, 0.3) is 0 Å². The van der Waals surface area contributed by atoms with Crippen LogP contribution in [0.25, 0.3) is 0 Å². The monoisotopic (exact) mass is 227 g/mol. The van der Waals surface area contributed by atoms with Crippen molar-refractivity contribution >= 4 is 5.91 Å². The highest BCUT2D eigenvalue weighted by molar-refractivity contribution is 5.79. The molecule has 0 aromatic rings. The van der Waals surface area contributed by atoms with Crippen LogP contribution in [0.15, 0.2) is 0 Å². The second-order valence-electron chi connectivity index (χ2n) is 4.93. The molecular formula is C13H25NO2. The molecule has 3 nitrogen and oxygen atoms in total. The summed E-state index contributed by atoms with van der Waals surface area (Å²) in [5.41, 5.74) is 0. The van der Waals surface area contributed by atoms with E-state index in [0.717, 1.165) is 24.7 Å². The van der Waals surface area contributed by atoms with Crippen LogP contribution < -0.4 is 5.32 Å². The summed E-state index contributed by atoms with van der Waals surface area (Å²) in [7, 11) is 1.59. The molecular weight excluding hydrogens is 202 g/mol. The van der Waals surface area contributed by atoms with Gasteiger partial charge < -0.3 is 10.1 Å². The predicted molar refractivity (Wildman–Crippen MR) is 64.9 cm³/mol. The van der Waals surface area contributed by atoms with Gasteiger partial charge in [-0.3, -0.25) is 4.79 Å². The fourth-order valence-corrected chi connectivity index (χ4v) is 2.52. The number of carbonyl (C=O) groups is 1. The van der Waals surface area contributed by atoms with Gasteiger partial charge in [0.2, 0.25) is 5.91 Å². The molecule has 1 amide bonds. The summed E-state index contributed by atoms with van der Waals surface area (Å²) in [4.78, 5) is 11.6. The molecule has 0 aromatic carbocycles. The fraction of sp³-hybridized carbons (Fsp3) is 0.923. The Kier molecular flexibility index (Phi) is 5.81. The summed E-state index contributed by atoms with van der Waals surface area (Å²) in [6.45, 7) is 4.86. The van der Waals surface area contributed by atoms with Gasteiger partial charge in [0.15, 0.2) is 0 Å². The van der Waals surface area contributed by atoms with Gasteiger partial charge in [-0.1, -0.05) is 26.7 Å². The Morgan fingerprint density at radius 2 is 2.00 bits per heavy atom. The summed E-state index contributed by atoms with van der Waals surface area (Å²) in [5, 5.41) is 2.77. The molecule has 1 aliphatic rings. The number of methoxy groups -OCH3 is 1. The Balaban J connectivity index is 2.14. The zero-order chi connectivity index (χ0) is 12.0. The van der Waals surface area contributed by atoms with Gasteiger partial charge in [0.1, 0.15) is 6.73 Å². The Labute approximate surface area is 98.9 Å². The minimum atomic E-state index is 0.169. The lowest BCUT2D eigenvalue weighted by atomic mass is 9.70. The predicted octanol–water partition coefficient (Wildman–Crippen LogP) is 2.56. The lowest BCUT2D eigenvalue weighted by molar-refractivity contribution is -0.130. The van der Waals surface area contributed by atoms with Crippen LogP contribution in [0.2, 0.25) is 0 Å². The second kappa shape index (κ2) is 6.89. The maximum Gasteiger partial charge on any atom is 0.224 e. The van der Waals surface area contributed by atoms with Gasteiger partial charge in [-0.2, -0.15) is 0 Å². The molecule has 1 aliphatic carbocycles. The normalized spacial score (nSPS) is 24.2. The molecule has 94 valence electrons. The Morgan fingerprint density at radius 1 is 1.38 bits per heavy atom. The van der Waals surface area contributed by atoms with E-state index in [1.165, 1.54) is 19.3 Å². The molecule has 0 unspecified atom stereocenters. The first kappa shape index (κ1) is 13.5. The molecule has 0 atom stereocenters. The van der Waals surface area contributed by atoms with E-state index in [4.69, 9.17) is 4.74 Å². The quantitative estimate of drug-likeness (QED) is 0.679. The third-order valence-electron chi connectivity index (χ3n) is 3.82. The molecule has 16 heavy (non-hydrogen) atoms. The average molecular weight is 227 g/mol. The van der Waals surface area contributed by atoms with Crippen LogP contribution in [-0.2, 0) is 9.53 Å². The van der Waals surface area contributed by atoms with Gasteiger partial charge in [-0.15, -0.1) is 0 Å². The first-order chi connectivity index (χ1) is 7.71. The van der Waals surface area contributed by atoms with Crippen molar-refractivity contribution in [3.63, 3.8) is 0 Å². The molecule has 1 N–H and O–H groups in total. The van der Waals surface area contributed by atoms with Crippen molar-refractivity contribution in [2.24, 2.45) is 17.8 Å². The first-order valence-corrected chi connectivity index (χ1v) is 6.47. The van der Waals surface area contributed by atoms with Crippen molar-refractivity contribution in [2.45, 2.75) is 46.0 Å². The molecule has 0 spiro atoms. The zero-order valence-corrected chi connectivity index (χ0v) is 10.8. The molecule has 0 aliphatic heterocycles. The minimum absolute atomic E-state index is 0.169. The summed E-state index contributed by atoms with van der Waals surface area (Å²) >= 11 is 0. The van der Waals surface area contributed by atoms with Crippen molar-refractivity contribution in [1.29, 1.82) is 0 Å². The third kappa shape index (κ3) is 3.78. The summed E-state index contributed by atoms with van der Waals surface area (Å²) in [5.74, 6) is 2.05. The molecule has 3 heteroatoms. The Morgan fingerprint density at radius 3 is 2.50 bits per heavy atom. The minimum Gasteiger partial charge on any atom is -0.364 e. The number of hydrogen-bond donors (Lipinski definition) is 1. The van der Waals surface area contributed by atoms with E-state index >= 15 is 0 Å². The van der Waals surface area contributed by atoms with Crippen LogP contribution in [0.3, 0.4) is 0 Å². The van der Waals surface area contributed by atoms with Gasteiger partial charge in [0.05, 0.1) is 0 Å². The molecule has 0 bridgehead atoms. The van der Waals surface area contributed by atoms with E-state index in [0.29, 0.717) is 6.73 Å². The second-order valence-corrected chi connectivity index (χ2v) is 4.93. The van der Waals surface area contributed by atoms with E-state index < -0.39 is 0 Å². The van der Waals surface area contributed by atoms with Gasteiger partial charge >= 0.3 is 0 Å². The molecule has 0 saturated heterocycles. The lowest BCUT2D eigenvalue weighted by Crippen LogP contribution is -2.39.